The Morgan fingerprint density at radius 3 is 2.27 bits per heavy atom. The Morgan fingerprint density at radius 1 is 1.13 bits per heavy atom. The highest BCUT2D eigenvalue weighted by atomic mass is 28.3. The van der Waals surface area contributed by atoms with Crippen molar-refractivity contribution >= 4 is 8.07 Å². The lowest BCUT2D eigenvalue weighted by Crippen LogP contribution is -2.16. The van der Waals surface area contributed by atoms with Crippen LogP contribution in [0.5, 0.6) is 0 Å². The van der Waals surface area contributed by atoms with Gasteiger partial charge in [-0.05, 0) is 19.3 Å². The molecule has 15 heavy (non-hydrogen) atoms. The molecule has 0 spiro atoms. The maximum absolute atomic E-state index is 3.85. The zero-order valence-corrected chi connectivity index (χ0v) is 12.1. The lowest BCUT2D eigenvalue weighted by molar-refractivity contribution is 0.661. The van der Waals surface area contributed by atoms with Crippen LogP contribution in [0.3, 0.4) is 0 Å². The van der Waals surface area contributed by atoms with Crippen molar-refractivity contribution in [2.45, 2.75) is 65.1 Å². The van der Waals surface area contributed by atoms with Crippen molar-refractivity contribution in [1.29, 1.82) is 0 Å². The summed E-state index contributed by atoms with van der Waals surface area (Å²) in [5, 5.41) is 0. The lowest BCUT2D eigenvalue weighted by Gasteiger charge is -2.13. The van der Waals surface area contributed by atoms with Gasteiger partial charge in [0.25, 0.3) is 0 Å². The number of hydrogen-bond acceptors (Lipinski definition) is 0. The number of allylic oxidation sites excluding steroid dienone is 2. The fraction of sp³-hybridized carbons (Fsp3) is 0.714. The van der Waals surface area contributed by atoms with Gasteiger partial charge in [0.1, 0.15) is 0 Å². The van der Waals surface area contributed by atoms with Crippen LogP contribution < -0.4 is 0 Å². The largest absolute Gasteiger partial charge is 0.103 e. The summed E-state index contributed by atoms with van der Waals surface area (Å²) in [6.45, 7) is 13.3. The minimum absolute atomic E-state index is 1.04. The van der Waals surface area contributed by atoms with Gasteiger partial charge in [0.15, 0.2) is 0 Å². The molecule has 0 saturated carbocycles. The highest BCUT2D eigenvalue weighted by Crippen LogP contribution is 2.17. The number of unbranched alkanes of at least 4 members (excludes halogenated alkanes) is 3. The van der Waals surface area contributed by atoms with Gasteiger partial charge in [-0.1, -0.05) is 63.2 Å². The second-order valence-electron chi connectivity index (χ2n) is 5.47. The summed E-state index contributed by atoms with van der Waals surface area (Å²) < 4.78 is 0. The van der Waals surface area contributed by atoms with E-state index in [1.54, 1.807) is 5.57 Å². The molecule has 0 unspecified atom stereocenters. The molecule has 0 rings (SSSR count). The molecule has 0 N–H and O–H groups in total. The van der Waals surface area contributed by atoms with Gasteiger partial charge in [0, 0.05) is 0 Å². The number of hydrogen-bond donors (Lipinski definition) is 0. The third-order valence-electron chi connectivity index (χ3n) is 2.40. The molecule has 0 saturated heterocycles. The average Bonchev–Trinajstić information content (AvgIpc) is 2.10. The SMILES string of the molecule is C=CC/C(=C\[Si](C)(C)C)CCCCCC. The van der Waals surface area contributed by atoms with Crippen molar-refractivity contribution in [2.75, 3.05) is 0 Å². The van der Waals surface area contributed by atoms with E-state index < -0.39 is 8.07 Å². The fourth-order valence-corrected chi connectivity index (χ4v) is 3.30. The molecule has 0 aromatic rings. The first-order valence-corrected chi connectivity index (χ1v) is 9.89. The molecular formula is C14H28Si. The van der Waals surface area contributed by atoms with Crippen molar-refractivity contribution in [2.24, 2.45) is 0 Å². The molecule has 0 amide bonds. The molecule has 0 aromatic carbocycles. The summed E-state index contributed by atoms with van der Waals surface area (Å²) in [4.78, 5) is 0. The summed E-state index contributed by atoms with van der Waals surface area (Å²) in [6.07, 6.45) is 9.88. The molecule has 0 aliphatic heterocycles. The van der Waals surface area contributed by atoms with E-state index in [2.05, 4.69) is 38.8 Å². The van der Waals surface area contributed by atoms with E-state index in [0.29, 0.717) is 0 Å². The Balaban J connectivity index is 4.04. The van der Waals surface area contributed by atoms with Crippen LogP contribution in [0.2, 0.25) is 19.6 Å². The van der Waals surface area contributed by atoms with Crippen LogP contribution in [0.15, 0.2) is 23.9 Å². The average molecular weight is 224 g/mol. The van der Waals surface area contributed by atoms with E-state index in [0.717, 1.165) is 6.42 Å². The molecule has 0 radical (unpaired) electrons. The van der Waals surface area contributed by atoms with E-state index in [1.807, 2.05) is 6.08 Å². The van der Waals surface area contributed by atoms with Gasteiger partial charge in [-0.25, -0.2) is 0 Å². The monoisotopic (exact) mass is 224 g/mol. The van der Waals surface area contributed by atoms with E-state index in [1.165, 1.54) is 32.1 Å². The molecule has 0 aliphatic rings. The van der Waals surface area contributed by atoms with Crippen molar-refractivity contribution < 1.29 is 0 Å². The smallest absolute Gasteiger partial charge is 0.0686 e. The Labute approximate surface area is 97.5 Å². The van der Waals surface area contributed by atoms with Crippen molar-refractivity contribution in [3.63, 3.8) is 0 Å². The van der Waals surface area contributed by atoms with Gasteiger partial charge in [-0.2, -0.15) is 0 Å². The molecule has 88 valence electrons. The van der Waals surface area contributed by atoms with Gasteiger partial charge in [0.05, 0.1) is 8.07 Å². The van der Waals surface area contributed by atoms with Crippen molar-refractivity contribution in [3.05, 3.63) is 23.9 Å². The first-order valence-electron chi connectivity index (χ1n) is 6.31. The van der Waals surface area contributed by atoms with Gasteiger partial charge in [-0.15, -0.1) is 6.58 Å². The Bertz CT molecular complexity index is 196. The van der Waals surface area contributed by atoms with E-state index >= 15 is 0 Å². The molecule has 1 heteroatoms. The maximum Gasteiger partial charge on any atom is 0.0686 e. The van der Waals surface area contributed by atoms with Crippen molar-refractivity contribution in [1.82, 2.24) is 0 Å². The molecule has 0 atom stereocenters. The highest BCUT2D eigenvalue weighted by Gasteiger charge is 2.10. The quantitative estimate of drug-likeness (QED) is 0.297. The summed E-state index contributed by atoms with van der Waals surface area (Å²) in [5.74, 6) is 0. The number of rotatable bonds is 8. The van der Waals surface area contributed by atoms with Crippen LogP contribution in [0, 0.1) is 0 Å². The summed E-state index contributed by atoms with van der Waals surface area (Å²) in [7, 11) is -1.04. The lowest BCUT2D eigenvalue weighted by atomic mass is 10.1. The molecule has 0 bridgehead atoms. The van der Waals surface area contributed by atoms with Gasteiger partial charge in [-0.3, -0.25) is 0 Å². The van der Waals surface area contributed by atoms with Crippen LogP contribution in [0.25, 0.3) is 0 Å². The van der Waals surface area contributed by atoms with E-state index in [4.69, 9.17) is 0 Å². The predicted molar refractivity (Wildman–Crippen MR) is 75.0 cm³/mol. The molecule has 0 fully saturated rings. The van der Waals surface area contributed by atoms with Crippen molar-refractivity contribution in [3.8, 4) is 0 Å². The first-order chi connectivity index (χ1) is 6.99. The van der Waals surface area contributed by atoms with Crippen LogP contribution >= 0.6 is 0 Å². The highest BCUT2D eigenvalue weighted by molar-refractivity contribution is 6.81. The van der Waals surface area contributed by atoms with Crippen LogP contribution in [-0.2, 0) is 0 Å². The van der Waals surface area contributed by atoms with Gasteiger partial charge >= 0.3 is 0 Å². The zero-order valence-electron chi connectivity index (χ0n) is 11.1. The first kappa shape index (κ1) is 14.7. The standard InChI is InChI=1S/C14H28Si/c1-6-8-9-10-12-14(11-7-2)13-15(3,4)5/h7,13H,2,6,8-12H2,1,3-5H3/b14-13+. The van der Waals surface area contributed by atoms with Gasteiger partial charge in [0.2, 0.25) is 0 Å². The third kappa shape index (κ3) is 9.99. The second-order valence-corrected chi connectivity index (χ2v) is 10.5. The Morgan fingerprint density at radius 2 is 1.80 bits per heavy atom. The van der Waals surface area contributed by atoms with Crippen LogP contribution in [0.1, 0.15) is 45.4 Å². The normalized spacial score (nSPS) is 12.9. The predicted octanol–water partition coefficient (Wildman–Crippen LogP) is 5.34. The summed E-state index contributed by atoms with van der Waals surface area (Å²) >= 11 is 0. The second kappa shape index (κ2) is 7.92. The van der Waals surface area contributed by atoms with E-state index in [-0.39, 0.29) is 0 Å². The third-order valence-corrected chi connectivity index (χ3v) is 3.67. The Hall–Kier alpha value is -0.303. The molecular weight excluding hydrogens is 196 g/mol. The van der Waals surface area contributed by atoms with E-state index in [9.17, 15) is 0 Å². The van der Waals surface area contributed by atoms with Crippen LogP contribution in [-0.4, -0.2) is 8.07 Å². The maximum atomic E-state index is 3.85. The topological polar surface area (TPSA) is 0 Å². The molecule has 0 aromatic heterocycles. The summed E-state index contributed by atoms with van der Waals surface area (Å²) in [5.41, 5.74) is 4.18. The molecule has 0 heterocycles. The van der Waals surface area contributed by atoms with Gasteiger partial charge < -0.3 is 0 Å². The Kier molecular flexibility index (Phi) is 7.76. The zero-order chi connectivity index (χ0) is 11.7. The summed E-state index contributed by atoms with van der Waals surface area (Å²) in [6, 6.07) is 0. The fourth-order valence-electron chi connectivity index (χ4n) is 1.81. The minimum Gasteiger partial charge on any atom is -0.103 e. The minimum atomic E-state index is -1.04. The molecule has 0 nitrogen and oxygen atoms in total. The van der Waals surface area contributed by atoms with Crippen LogP contribution in [0.4, 0.5) is 0 Å². The molecule has 0 aliphatic carbocycles.